The maximum Gasteiger partial charge on any atom is 0.472 e. The Hall–Kier alpha value is -2.58. The van der Waals surface area contributed by atoms with E-state index >= 15 is 0 Å². The number of carbonyl (C=O) groups is 1. The fourth-order valence-corrected chi connectivity index (χ4v) is 7.74. The van der Waals surface area contributed by atoms with Crippen molar-refractivity contribution in [1.82, 2.24) is 0 Å². The van der Waals surface area contributed by atoms with Crippen LogP contribution in [0.2, 0.25) is 0 Å². The first-order valence-corrected chi connectivity index (χ1v) is 28.5. The molecule has 0 heterocycles. The highest BCUT2D eigenvalue weighted by Crippen LogP contribution is 2.43. The molecule has 1 N–H and O–H groups in total. The lowest BCUT2D eigenvalue weighted by Crippen LogP contribution is -2.37. The zero-order chi connectivity index (χ0) is 49.0. The molecule has 386 valence electrons. The maximum atomic E-state index is 12.8. The minimum atomic E-state index is -4.30. The lowest BCUT2D eigenvalue weighted by atomic mass is 10.1. The van der Waals surface area contributed by atoms with Crippen LogP contribution in [-0.2, 0) is 27.9 Å². The summed E-state index contributed by atoms with van der Waals surface area (Å²) in [5, 5.41) is 0. The Kier molecular flexibility index (Phi) is 47.9. The number of ether oxygens (including phenoxy) is 2. The molecule has 9 heteroatoms. The van der Waals surface area contributed by atoms with E-state index < -0.39 is 13.9 Å². The smallest absolute Gasteiger partial charge is 0.457 e. The third kappa shape index (κ3) is 54.2. The van der Waals surface area contributed by atoms with Gasteiger partial charge in [0.25, 0.3) is 0 Å². The van der Waals surface area contributed by atoms with Crippen molar-refractivity contribution < 1.29 is 37.3 Å². The molecule has 0 aromatic rings. The predicted molar refractivity (Wildman–Crippen MR) is 288 cm³/mol. The number of carbonyl (C=O) groups excluding carboxylic acids is 1. The molecule has 0 rings (SSSR count). The largest absolute Gasteiger partial charge is 0.472 e. The molecule has 0 aromatic heterocycles. The van der Waals surface area contributed by atoms with Crippen molar-refractivity contribution in [1.29, 1.82) is 0 Å². The highest BCUT2D eigenvalue weighted by atomic mass is 31.2. The zero-order valence-electron chi connectivity index (χ0n) is 43.9. The lowest BCUT2D eigenvalue weighted by Gasteiger charge is -2.24. The second-order valence-electron chi connectivity index (χ2n) is 18.9. The molecule has 0 radical (unpaired) electrons. The monoisotopic (exact) mass is 957 g/mol. The van der Waals surface area contributed by atoms with Crippen molar-refractivity contribution >= 4 is 13.8 Å². The van der Waals surface area contributed by atoms with Crippen molar-refractivity contribution in [3.8, 4) is 0 Å². The van der Waals surface area contributed by atoms with Gasteiger partial charge in [0.15, 0.2) is 0 Å². The fourth-order valence-electron chi connectivity index (χ4n) is 7.00. The van der Waals surface area contributed by atoms with E-state index in [9.17, 15) is 14.3 Å². The van der Waals surface area contributed by atoms with E-state index in [-0.39, 0.29) is 25.8 Å². The molecule has 0 aromatic carbocycles. The van der Waals surface area contributed by atoms with Gasteiger partial charge >= 0.3 is 13.8 Å². The summed E-state index contributed by atoms with van der Waals surface area (Å²) in [5.41, 5.74) is 0. The molecule has 0 fully saturated rings. The van der Waals surface area contributed by atoms with E-state index in [1.807, 2.05) is 21.1 Å². The summed E-state index contributed by atoms with van der Waals surface area (Å²) >= 11 is 0. The van der Waals surface area contributed by atoms with Gasteiger partial charge in [-0.3, -0.25) is 13.8 Å². The van der Waals surface area contributed by atoms with Crippen molar-refractivity contribution in [2.45, 2.75) is 213 Å². The van der Waals surface area contributed by atoms with E-state index in [0.717, 1.165) is 89.9 Å². The first-order chi connectivity index (χ1) is 32.6. The number of allylic oxidation sites excluding steroid dienone is 16. The van der Waals surface area contributed by atoms with Crippen LogP contribution in [0.1, 0.15) is 206 Å². The van der Waals surface area contributed by atoms with E-state index in [1.54, 1.807) is 0 Å². The topological polar surface area (TPSA) is 91.3 Å². The summed E-state index contributed by atoms with van der Waals surface area (Å²) < 4.78 is 35.2. The highest BCUT2D eigenvalue weighted by Gasteiger charge is 2.26. The van der Waals surface area contributed by atoms with Crippen LogP contribution in [0.3, 0.4) is 0 Å². The van der Waals surface area contributed by atoms with E-state index in [4.69, 9.17) is 18.5 Å². The number of hydrogen-bond donors (Lipinski definition) is 1. The van der Waals surface area contributed by atoms with Gasteiger partial charge in [-0.25, -0.2) is 4.57 Å². The minimum Gasteiger partial charge on any atom is -0.457 e. The molecule has 0 saturated carbocycles. The van der Waals surface area contributed by atoms with Gasteiger partial charge in [0.05, 0.1) is 34.4 Å². The van der Waals surface area contributed by atoms with Gasteiger partial charge in [0.1, 0.15) is 19.3 Å². The molecule has 8 nitrogen and oxygen atoms in total. The summed E-state index contributed by atoms with van der Waals surface area (Å²) in [7, 11) is 1.63. The molecular formula is C58H103NO7P+. The maximum absolute atomic E-state index is 12.8. The van der Waals surface area contributed by atoms with Crippen LogP contribution in [0.15, 0.2) is 97.2 Å². The molecule has 0 saturated heterocycles. The minimum absolute atomic E-state index is 0.0773. The van der Waals surface area contributed by atoms with Gasteiger partial charge < -0.3 is 18.9 Å². The molecule has 2 atom stereocenters. The molecule has 67 heavy (non-hydrogen) atoms. The van der Waals surface area contributed by atoms with Crippen LogP contribution in [0.25, 0.3) is 0 Å². The van der Waals surface area contributed by atoms with Gasteiger partial charge in [-0.15, -0.1) is 0 Å². The average Bonchev–Trinajstić information content (AvgIpc) is 3.29. The number of phosphoric acid groups is 1. The van der Waals surface area contributed by atoms with Gasteiger partial charge in [-0.05, 0) is 96.3 Å². The quantitative estimate of drug-likeness (QED) is 0.0213. The highest BCUT2D eigenvalue weighted by molar-refractivity contribution is 7.47. The summed E-state index contributed by atoms with van der Waals surface area (Å²) in [6.07, 6.45) is 68.9. The van der Waals surface area contributed by atoms with Crippen LogP contribution in [-0.4, -0.2) is 75.6 Å². The van der Waals surface area contributed by atoms with Gasteiger partial charge in [0.2, 0.25) is 0 Å². The summed E-state index contributed by atoms with van der Waals surface area (Å²) in [5.74, 6) is -0.341. The molecule has 0 bridgehead atoms. The Morgan fingerprint density at radius 1 is 0.478 bits per heavy atom. The van der Waals surface area contributed by atoms with Crippen molar-refractivity contribution in [2.75, 3.05) is 54.1 Å². The fraction of sp³-hybridized carbons (Fsp3) is 0.707. The SMILES string of the molecule is CC/C=C\C/C=C\C/C=C\C/C=C\C/C=C\C/C=C\CCCCCCC(=O)OC(COCCCCCCCCCCCC/C=C\C/C=C\CCCCCCC)COP(=O)(O)OCC[N+](C)(C)C. The third-order valence-electron chi connectivity index (χ3n) is 11.1. The standard InChI is InChI=1S/C58H102NO7P/c1-6-8-10-12-14-16-18-20-22-24-26-28-30-31-33-35-37-39-41-43-45-47-49-51-58(60)66-57(56-65-67(61,62)64-54-52-59(3,4)5)55-63-53-50-48-46-44-42-40-38-36-34-32-29-27-25-23-21-19-17-15-13-11-9-7-2/h8,10,14,16,19-22,25-28,31,33,37,39,57H,6-7,9,11-13,15,17-18,23-24,29-30,32,34-36,38,40-56H2,1-5H3/p+1/b10-8-,16-14-,21-19-,22-20-,27-25-,28-26-,33-31-,39-37-. The normalized spacial score (nSPS) is 14.3. The van der Waals surface area contributed by atoms with Crippen molar-refractivity contribution in [3.05, 3.63) is 97.2 Å². The number of likely N-dealkylation sites (N-methyl/N-ethyl adjacent to an activating group) is 1. The van der Waals surface area contributed by atoms with E-state index in [1.165, 1.54) is 96.3 Å². The Morgan fingerprint density at radius 2 is 0.866 bits per heavy atom. The Labute approximate surface area is 413 Å². The summed E-state index contributed by atoms with van der Waals surface area (Å²) in [6.45, 7) is 5.45. The molecule has 0 aliphatic carbocycles. The summed E-state index contributed by atoms with van der Waals surface area (Å²) in [4.78, 5) is 23.0. The Morgan fingerprint density at radius 3 is 1.30 bits per heavy atom. The number of nitrogens with zero attached hydrogens (tertiary/aromatic N) is 1. The number of phosphoric ester groups is 1. The van der Waals surface area contributed by atoms with Crippen LogP contribution < -0.4 is 0 Å². The number of esters is 1. The molecule has 0 amide bonds. The second-order valence-corrected chi connectivity index (χ2v) is 20.3. The Balaban J connectivity index is 4.21. The molecule has 0 spiro atoms. The Bertz CT molecular complexity index is 1390. The lowest BCUT2D eigenvalue weighted by molar-refractivity contribution is -0.870. The molecular weight excluding hydrogens is 854 g/mol. The summed E-state index contributed by atoms with van der Waals surface area (Å²) in [6, 6.07) is 0. The number of quaternary nitrogens is 1. The molecule has 0 aliphatic rings. The average molecular weight is 957 g/mol. The first-order valence-electron chi connectivity index (χ1n) is 27.0. The van der Waals surface area contributed by atoms with E-state index in [2.05, 4.69) is 111 Å². The third-order valence-corrected chi connectivity index (χ3v) is 12.1. The zero-order valence-corrected chi connectivity index (χ0v) is 44.7. The van der Waals surface area contributed by atoms with Gasteiger partial charge in [-0.2, -0.15) is 0 Å². The van der Waals surface area contributed by atoms with Gasteiger partial charge in [-0.1, -0.05) is 201 Å². The number of unbranched alkanes of at least 4 members (excludes halogenated alkanes) is 19. The second kappa shape index (κ2) is 49.8. The van der Waals surface area contributed by atoms with Crippen LogP contribution in [0.4, 0.5) is 0 Å². The molecule has 2 unspecified atom stereocenters. The van der Waals surface area contributed by atoms with Crippen LogP contribution in [0.5, 0.6) is 0 Å². The number of rotatable bonds is 49. The predicted octanol–water partition coefficient (Wildman–Crippen LogP) is 16.9. The van der Waals surface area contributed by atoms with Gasteiger partial charge in [0, 0.05) is 13.0 Å². The van der Waals surface area contributed by atoms with Crippen molar-refractivity contribution in [3.63, 3.8) is 0 Å². The van der Waals surface area contributed by atoms with E-state index in [0.29, 0.717) is 24.1 Å². The van der Waals surface area contributed by atoms with Crippen molar-refractivity contribution in [2.24, 2.45) is 0 Å². The van der Waals surface area contributed by atoms with Crippen LogP contribution >= 0.6 is 7.82 Å². The number of hydrogen-bond acceptors (Lipinski definition) is 6. The van der Waals surface area contributed by atoms with Crippen LogP contribution in [0, 0.1) is 0 Å². The molecule has 0 aliphatic heterocycles. The first kappa shape index (κ1) is 64.4.